The number of ether oxygens (including phenoxy) is 1. The van der Waals surface area contributed by atoms with Gasteiger partial charge in [-0.3, -0.25) is 4.79 Å². The lowest BCUT2D eigenvalue weighted by Gasteiger charge is -2.03. The maximum Gasteiger partial charge on any atom is 0.348 e. The molecule has 0 saturated heterocycles. The number of carbonyl (C=O) groups excluding carboxylic acids is 2. The Morgan fingerprint density at radius 2 is 1.80 bits per heavy atom. The third-order valence-electron chi connectivity index (χ3n) is 2.35. The zero-order valence-electron chi connectivity index (χ0n) is 10.3. The van der Waals surface area contributed by atoms with Crippen molar-refractivity contribution in [3.8, 4) is 0 Å². The Balaban J connectivity index is 2.15. The first-order chi connectivity index (χ1) is 9.49. The van der Waals surface area contributed by atoms with E-state index in [1.165, 1.54) is 19.2 Å². The lowest BCUT2D eigenvalue weighted by Crippen LogP contribution is -2.10. The molecule has 1 heterocycles. The zero-order valence-corrected chi connectivity index (χ0v) is 12.6. The number of amides is 1. The van der Waals surface area contributed by atoms with Crippen LogP contribution in [0.4, 0.5) is 5.00 Å². The fraction of sp³-hybridized carbons (Fsp3) is 0.0769. The van der Waals surface area contributed by atoms with Crippen molar-refractivity contribution in [1.82, 2.24) is 0 Å². The normalized spacial score (nSPS) is 10.2. The summed E-state index contributed by atoms with van der Waals surface area (Å²) in [7, 11) is 1.30. The number of esters is 1. The summed E-state index contributed by atoms with van der Waals surface area (Å²) in [5, 5.41) is 3.96. The number of carbonyl (C=O) groups is 2. The van der Waals surface area contributed by atoms with Crippen LogP contribution in [0.15, 0.2) is 30.3 Å². The molecule has 0 radical (unpaired) electrons. The molecule has 4 nitrogen and oxygen atoms in total. The smallest absolute Gasteiger partial charge is 0.348 e. The molecule has 20 heavy (non-hydrogen) atoms. The van der Waals surface area contributed by atoms with Gasteiger partial charge in [-0.1, -0.05) is 23.2 Å². The molecule has 0 aliphatic heterocycles. The minimum absolute atomic E-state index is 0.343. The number of thiophene rings is 1. The first kappa shape index (κ1) is 14.8. The molecule has 0 saturated carbocycles. The van der Waals surface area contributed by atoms with Crippen LogP contribution >= 0.6 is 34.5 Å². The Labute approximate surface area is 129 Å². The van der Waals surface area contributed by atoms with E-state index in [0.717, 1.165) is 11.3 Å². The van der Waals surface area contributed by atoms with Crippen LogP contribution < -0.4 is 5.32 Å². The van der Waals surface area contributed by atoms with Crippen LogP contribution in [0, 0.1) is 0 Å². The highest BCUT2D eigenvalue weighted by molar-refractivity contribution is 7.18. The Morgan fingerprint density at radius 1 is 1.15 bits per heavy atom. The summed E-state index contributed by atoms with van der Waals surface area (Å²) in [5.41, 5.74) is 0.343. The van der Waals surface area contributed by atoms with Gasteiger partial charge in [0, 0.05) is 15.6 Å². The molecule has 0 unspecified atom stereocenters. The van der Waals surface area contributed by atoms with E-state index in [9.17, 15) is 9.59 Å². The van der Waals surface area contributed by atoms with Gasteiger partial charge in [0.25, 0.3) is 5.91 Å². The molecule has 1 aromatic heterocycles. The fourth-order valence-electron chi connectivity index (χ4n) is 1.48. The van der Waals surface area contributed by atoms with Gasteiger partial charge in [-0.2, -0.15) is 0 Å². The summed E-state index contributed by atoms with van der Waals surface area (Å²) in [6.45, 7) is 0. The molecule has 7 heteroatoms. The molecule has 2 rings (SSSR count). The maximum absolute atomic E-state index is 12.0. The van der Waals surface area contributed by atoms with Gasteiger partial charge in [0.1, 0.15) is 4.88 Å². The number of halogens is 2. The number of hydrogen-bond acceptors (Lipinski definition) is 4. The zero-order chi connectivity index (χ0) is 14.7. The van der Waals surface area contributed by atoms with Crippen molar-refractivity contribution in [2.24, 2.45) is 0 Å². The van der Waals surface area contributed by atoms with Gasteiger partial charge >= 0.3 is 5.97 Å². The van der Waals surface area contributed by atoms with E-state index in [4.69, 9.17) is 23.2 Å². The van der Waals surface area contributed by atoms with Gasteiger partial charge in [0.05, 0.1) is 12.1 Å². The number of methoxy groups -OCH3 is 1. The highest BCUT2D eigenvalue weighted by Crippen LogP contribution is 2.24. The van der Waals surface area contributed by atoms with Crippen LogP contribution in [-0.4, -0.2) is 19.0 Å². The molecule has 0 aliphatic carbocycles. The summed E-state index contributed by atoms with van der Waals surface area (Å²) in [4.78, 5) is 23.8. The maximum atomic E-state index is 12.0. The number of benzene rings is 1. The molecule has 0 aliphatic rings. The molecule has 1 amide bonds. The number of nitrogens with one attached hydrogen (secondary N) is 1. The molecule has 0 spiro atoms. The van der Waals surface area contributed by atoms with E-state index in [1.54, 1.807) is 18.2 Å². The second-order valence-corrected chi connectivity index (χ2v) is 5.72. The van der Waals surface area contributed by atoms with Crippen LogP contribution in [0.1, 0.15) is 20.0 Å². The lowest BCUT2D eigenvalue weighted by atomic mass is 10.2. The largest absolute Gasteiger partial charge is 0.465 e. The Bertz CT molecular complexity index is 649. The summed E-state index contributed by atoms with van der Waals surface area (Å²) in [6, 6.07) is 7.77. The lowest BCUT2D eigenvalue weighted by molar-refractivity contribution is 0.0606. The van der Waals surface area contributed by atoms with E-state index in [1.807, 2.05) is 0 Å². The van der Waals surface area contributed by atoms with Gasteiger partial charge in [-0.15, -0.1) is 11.3 Å². The third kappa shape index (κ3) is 3.50. The molecular weight excluding hydrogens is 321 g/mol. The second-order valence-electron chi connectivity index (χ2n) is 3.77. The first-order valence-electron chi connectivity index (χ1n) is 5.45. The Hall–Kier alpha value is -1.56. The molecule has 2 aromatic rings. The molecule has 104 valence electrons. The predicted octanol–water partition coefficient (Wildman–Crippen LogP) is 4.09. The van der Waals surface area contributed by atoms with Crippen molar-refractivity contribution < 1.29 is 14.3 Å². The third-order valence-corrected chi connectivity index (χ3v) is 3.77. The van der Waals surface area contributed by atoms with Gasteiger partial charge in [-0.05, 0) is 30.3 Å². The Kier molecular flexibility index (Phi) is 4.65. The molecular formula is C13H9Cl2NO3S. The number of anilines is 1. The van der Waals surface area contributed by atoms with E-state index in [-0.39, 0.29) is 5.91 Å². The van der Waals surface area contributed by atoms with Crippen molar-refractivity contribution in [2.75, 3.05) is 12.4 Å². The molecule has 0 bridgehead atoms. The summed E-state index contributed by atoms with van der Waals surface area (Å²) in [6.07, 6.45) is 0. The van der Waals surface area contributed by atoms with Crippen LogP contribution in [-0.2, 0) is 4.74 Å². The quantitative estimate of drug-likeness (QED) is 0.862. The van der Waals surface area contributed by atoms with E-state index < -0.39 is 5.97 Å². The SMILES string of the molecule is COC(=O)c1ccc(NC(=O)c2cc(Cl)cc(Cl)c2)s1. The molecule has 0 fully saturated rings. The van der Waals surface area contributed by atoms with Gasteiger partial charge in [-0.25, -0.2) is 4.79 Å². The molecule has 1 aromatic carbocycles. The van der Waals surface area contributed by atoms with E-state index >= 15 is 0 Å². The van der Waals surface area contributed by atoms with Crippen molar-refractivity contribution >= 4 is 51.4 Å². The summed E-state index contributed by atoms with van der Waals surface area (Å²) < 4.78 is 4.59. The van der Waals surface area contributed by atoms with Crippen LogP contribution in [0.25, 0.3) is 0 Å². The van der Waals surface area contributed by atoms with Gasteiger partial charge < -0.3 is 10.1 Å². The Morgan fingerprint density at radius 3 is 2.40 bits per heavy atom. The first-order valence-corrected chi connectivity index (χ1v) is 7.02. The monoisotopic (exact) mass is 329 g/mol. The summed E-state index contributed by atoms with van der Waals surface area (Å²) >= 11 is 12.8. The van der Waals surface area contributed by atoms with E-state index in [2.05, 4.69) is 10.1 Å². The van der Waals surface area contributed by atoms with Gasteiger partial charge in [0.15, 0.2) is 0 Å². The van der Waals surface area contributed by atoms with Crippen LogP contribution in [0.5, 0.6) is 0 Å². The van der Waals surface area contributed by atoms with Crippen LogP contribution in [0.3, 0.4) is 0 Å². The topological polar surface area (TPSA) is 55.4 Å². The standard InChI is InChI=1S/C13H9Cl2NO3S/c1-19-13(18)10-2-3-11(20-10)16-12(17)7-4-8(14)6-9(15)5-7/h2-6H,1H3,(H,16,17). The van der Waals surface area contributed by atoms with Gasteiger partial charge in [0.2, 0.25) is 0 Å². The minimum Gasteiger partial charge on any atom is -0.465 e. The highest BCUT2D eigenvalue weighted by Gasteiger charge is 2.12. The van der Waals surface area contributed by atoms with Crippen molar-refractivity contribution in [3.63, 3.8) is 0 Å². The second kappa shape index (κ2) is 6.26. The average Bonchev–Trinajstić information content (AvgIpc) is 2.85. The van der Waals surface area contributed by atoms with E-state index in [0.29, 0.717) is 25.5 Å². The average molecular weight is 330 g/mol. The fourth-order valence-corrected chi connectivity index (χ4v) is 2.83. The molecule has 1 N–H and O–H groups in total. The molecule has 0 atom stereocenters. The van der Waals surface area contributed by atoms with Crippen molar-refractivity contribution in [1.29, 1.82) is 0 Å². The predicted molar refractivity (Wildman–Crippen MR) is 80.1 cm³/mol. The minimum atomic E-state index is -0.443. The highest BCUT2D eigenvalue weighted by atomic mass is 35.5. The number of rotatable bonds is 3. The summed E-state index contributed by atoms with van der Waals surface area (Å²) in [5.74, 6) is -0.797. The van der Waals surface area contributed by atoms with Crippen LogP contribution in [0.2, 0.25) is 10.0 Å². The number of hydrogen-bond donors (Lipinski definition) is 1. The van der Waals surface area contributed by atoms with Crippen molar-refractivity contribution in [3.05, 3.63) is 50.8 Å². The van der Waals surface area contributed by atoms with Crippen molar-refractivity contribution in [2.45, 2.75) is 0 Å².